The lowest BCUT2D eigenvalue weighted by molar-refractivity contribution is -0.141. The fourth-order valence-electron chi connectivity index (χ4n) is 1.14. The average molecular weight is 226 g/mol. The van der Waals surface area contributed by atoms with Crippen LogP contribution in [0.3, 0.4) is 0 Å². The number of ether oxygens (including phenoxy) is 1. The lowest BCUT2D eigenvalue weighted by atomic mass is 10.2. The van der Waals surface area contributed by atoms with E-state index in [0.29, 0.717) is 0 Å². The van der Waals surface area contributed by atoms with Gasteiger partial charge < -0.3 is 9.84 Å². The van der Waals surface area contributed by atoms with Crippen molar-refractivity contribution in [3.05, 3.63) is 18.0 Å². The predicted octanol–water partition coefficient (Wildman–Crippen LogP) is 0.780. The molecule has 0 saturated heterocycles. The summed E-state index contributed by atoms with van der Waals surface area (Å²) >= 11 is 0. The zero-order chi connectivity index (χ0) is 12.1. The highest BCUT2D eigenvalue weighted by Crippen LogP contribution is 2.03. The summed E-state index contributed by atoms with van der Waals surface area (Å²) in [7, 11) is 0. The summed E-state index contributed by atoms with van der Waals surface area (Å²) in [5.74, 6) is -1.94. The second kappa shape index (κ2) is 5.29. The van der Waals surface area contributed by atoms with Crippen LogP contribution in [0.25, 0.3) is 0 Å². The zero-order valence-corrected chi connectivity index (χ0v) is 9.21. The number of aliphatic carboxylic acids is 1. The van der Waals surface area contributed by atoms with Gasteiger partial charge >= 0.3 is 11.9 Å². The van der Waals surface area contributed by atoms with Gasteiger partial charge in [-0.1, -0.05) is 6.92 Å². The molecule has 1 rings (SSSR count). The van der Waals surface area contributed by atoms with Gasteiger partial charge in [-0.15, -0.1) is 0 Å². The van der Waals surface area contributed by atoms with Gasteiger partial charge in [0.05, 0.1) is 19.1 Å². The molecule has 0 radical (unpaired) electrons. The number of hydrogen-bond acceptors (Lipinski definition) is 4. The number of carboxylic acids is 1. The Hall–Kier alpha value is -1.85. The van der Waals surface area contributed by atoms with E-state index in [4.69, 9.17) is 9.84 Å². The number of aromatic nitrogens is 2. The minimum absolute atomic E-state index is 0.194. The molecule has 16 heavy (non-hydrogen) atoms. The quantitative estimate of drug-likeness (QED) is 0.750. The summed E-state index contributed by atoms with van der Waals surface area (Å²) in [6.45, 7) is 3.81. The number of esters is 1. The second-order valence-electron chi connectivity index (χ2n) is 3.38. The van der Waals surface area contributed by atoms with Gasteiger partial charge in [-0.3, -0.25) is 9.48 Å². The Balaban J connectivity index is 2.64. The van der Waals surface area contributed by atoms with Crippen molar-refractivity contribution in [3.63, 3.8) is 0 Å². The highest BCUT2D eigenvalue weighted by atomic mass is 16.5. The first-order valence-corrected chi connectivity index (χ1v) is 4.98. The van der Waals surface area contributed by atoms with E-state index in [0.717, 1.165) is 0 Å². The molecule has 0 aliphatic heterocycles. The van der Waals surface area contributed by atoms with Crippen LogP contribution >= 0.6 is 0 Å². The standard InChI is InChI=1S/C10H14N2O4/c1-3-16-10(15)8-4-5-12(11-8)6-7(2)9(13)14/h4-5,7H,3,6H2,1-2H3,(H,13,14)/t7-/m1/s1. The van der Waals surface area contributed by atoms with Gasteiger partial charge in [0.2, 0.25) is 0 Å². The van der Waals surface area contributed by atoms with E-state index in [-0.39, 0.29) is 18.8 Å². The Morgan fingerprint density at radius 2 is 2.31 bits per heavy atom. The Morgan fingerprint density at radius 3 is 2.88 bits per heavy atom. The SMILES string of the molecule is CCOC(=O)c1ccn(C[C@@H](C)C(=O)O)n1. The molecule has 0 unspecified atom stereocenters. The van der Waals surface area contributed by atoms with Crippen molar-refractivity contribution in [3.8, 4) is 0 Å². The summed E-state index contributed by atoms with van der Waals surface area (Å²) < 4.78 is 6.18. The first-order valence-electron chi connectivity index (χ1n) is 4.98. The van der Waals surface area contributed by atoms with Crippen molar-refractivity contribution in [2.75, 3.05) is 6.61 Å². The molecule has 88 valence electrons. The van der Waals surface area contributed by atoms with Crippen LogP contribution in [0.4, 0.5) is 0 Å². The van der Waals surface area contributed by atoms with Gasteiger partial charge in [0.15, 0.2) is 5.69 Å². The van der Waals surface area contributed by atoms with Crippen LogP contribution < -0.4 is 0 Å². The minimum Gasteiger partial charge on any atom is -0.481 e. The second-order valence-corrected chi connectivity index (χ2v) is 3.38. The molecule has 0 bridgehead atoms. The fourth-order valence-corrected chi connectivity index (χ4v) is 1.14. The molecule has 1 aromatic rings. The van der Waals surface area contributed by atoms with Crippen LogP contribution in [0.2, 0.25) is 0 Å². The number of carbonyl (C=O) groups is 2. The molecule has 6 heteroatoms. The maximum atomic E-state index is 11.3. The average Bonchev–Trinajstić information content (AvgIpc) is 2.66. The highest BCUT2D eigenvalue weighted by Gasteiger charge is 2.14. The summed E-state index contributed by atoms with van der Waals surface area (Å²) in [5, 5.41) is 12.6. The van der Waals surface area contributed by atoms with E-state index in [1.54, 1.807) is 20.0 Å². The number of hydrogen-bond donors (Lipinski definition) is 1. The van der Waals surface area contributed by atoms with E-state index in [9.17, 15) is 9.59 Å². The Labute approximate surface area is 92.8 Å². The summed E-state index contributed by atoms with van der Waals surface area (Å²) in [6.07, 6.45) is 1.56. The number of rotatable bonds is 5. The molecule has 0 amide bonds. The first kappa shape index (κ1) is 12.2. The maximum Gasteiger partial charge on any atom is 0.358 e. The summed E-state index contributed by atoms with van der Waals surface area (Å²) in [4.78, 5) is 21.9. The number of carbonyl (C=O) groups excluding carboxylic acids is 1. The van der Waals surface area contributed by atoms with Crippen molar-refractivity contribution in [2.24, 2.45) is 5.92 Å². The van der Waals surface area contributed by atoms with Gasteiger partial charge in [0.25, 0.3) is 0 Å². The molecule has 1 heterocycles. The molecule has 0 fully saturated rings. The van der Waals surface area contributed by atoms with Crippen LogP contribution in [-0.2, 0) is 16.1 Å². The molecule has 0 aliphatic carbocycles. The van der Waals surface area contributed by atoms with E-state index in [1.165, 1.54) is 10.7 Å². The summed E-state index contributed by atoms with van der Waals surface area (Å²) in [6, 6.07) is 1.51. The highest BCUT2D eigenvalue weighted by molar-refractivity contribution is 5.87. The van der Waals surface area contributed by atoms with Crippen molar-refractivity contribution < 1.29 is 19.4 Å². The van der Waals surface area contributed by atoms with Gasteiger partial charge in [-0.2, -0.15) is 5.10 Å². The molecular formula is C10H14N2O4. The van der Waals surface area contributed by atoms with Crippen molar-refractivity contribution in [1.82, 2.24) is 9.78 Å². The largest absolute Gasteiger partial charge is 0.481 e. The summed E-state index contributed by atoms with van der Waals surface area (Å²) in [5.41, 5.74) is 0.194. The Kier molecular flexibility index (Phi) is 4.04. The third-order valence-corrected chi connectivity index (χ3v) is 2.01. The third-order valence-electron chi connectivity index (χ3n) is 2.01. The smallest absolute Gasteiger partial charge is 0.358 e. The number of carboxylic acid groups (broad SMARTS) is 1. The van der Waals surface area contributed by atoms with Gasteiger partial charge in [-0.05, 0) is 13.0 Å². The molecule has 0 aliphatic rings. The Morgan fingerprint density at radius 1 is 1.62 bits per heavy atom. The third kappa shape index (κ3) is 3.08. The molecule has 6 nitrogen and oxygen atoms in total. The molecule has 0 spiro atoms. The van der Waals surface area contributed by atoms with Gasteiger partial charge in [0, 0.05) is 6.20 Å². The molecule has 0 saturated carbocycles. The first-order chi connectivity index (χ1) is 7.54. The van der Waals surface area contributed by atoms with Crippen molar-refractivity contribution in [2.45, 2.75) is 20.4 Å². The zero-order valence-electron chi connectivity index (χ0n) is 9.21. The van der Waals surface area contributed by atoms with Gasteiger partial charge in [0.1, 0.15) is 0 Å². The Bertz CT molecular complexity index is 386. The van der Waals surface area contributed by atoms with Crippen LogP contribution in [0.15, 0.2) is 12.3 Å². The topological polar surface area (TPSA) is 81.4 Å². The molecular weight excluding hydrogens is 212 g/mol. The van der Waals surface area contributed by atoms with Crippen LogP contribution in [0.1, 0.15) is 24.3 Å². The normalized spacial score (nSPS) is 12.1. The van der Waals surface area contributed by atoms with Crippen molar-refractivity contribution in [1.29, 1.82) is 0 Å². The molecule has 1 atom stereocenters. The van der Waals surface area contributed by atoms with E-state index < -0.39 is 17.9 Å². The molecule has 1 N–H and O–H groups in total. The molecule has 0 aromatic carbocycles. The van der Waals surface area contributed by atoms with E-state index in [2.05, 4.69) is 5.10 Å². The number of nitrogens with zero attached hydrogens (tertiary/aromatic N) is 2. The predicted molar refractivity (Wildman–Crippen MR) is 55.0 cm³/mol. The van der Waals surface area contributed by atoms with Crippen LogP contribution in [-0.4, -0.2) is 33.4 Å². The minimum atomic E-state index is -0.895. The van der Waals surface area contributed by atoms with Crippen LogP contribution in [0.5, 0.6) is 0 Å². The maximum absolute atomic E-state index is 11.3. The monoisotopic (exact) mass is 226 g/mol. The van der Waals surface area contributed by atoms with Crippen LogP contribution in [0, 0.1) is 5.92 Å². The molecule has 1 aromatic heterocycles. The van der Waals surface area contributed by atoms with Gasteiger partial charge in [-0.25, -0.2) is 4.79 Å². The van der Waals surface area contributed by atoms with Crippen molar-refractivity contribution >= 4 is 11.9 Å². The van der Waals surface area contributed by atoms with E-state index >= 15 is 0 Å². The lowest BCUT2D eigenvalue weighted by Gasteiger charge is -2.05. The fraction of sp³-hybridized carbons (Fsp3) is 0.500. The van der Waals surface area contributed by atoms with E-state index in [1.807, 2.05) is 0 Å². The lowest BCUT2D eigenvalue weighted by Crippen LogP contribution is -2.17.